The Balaban J connectivity index is 0.00000200. The number of aliphatic imine (C=N–C) groups is 1. The molecule has 1 aliphatic carbocycles. The number of hydrogen-bond acceptors (Lipinski definition) is 2. The number of nitrogens with one attached hydrogen (secondary N) is 2. The minimum atomic E-state index is 0. The van der Waals surface area contributed by atoms with Crippen molar-refractivity contribution in [2.75, 3.05) is 39.3 Å². The Hall–Kier alpha value is -0.0400. The third-order valence-electron chi connectivity index (χ3n) is 4.15. The molecular formula is C15H31IN4. The Morgan fingerprint density at radius 1 is 1.15 bits per heavy atom. The predicted octanol–water partition coefficient (Wildman–Crippen LogP) is 2.30. The molecule has 2 fully saturated rings. The van der Waals surface area contributed by atoms with Crippen LogP contribution in [0, 0.1) is 11.8 Å². The SMILES string of the molecule is CCNC(=NCC1CC1)NCCN1CCC(C)CC1.I. The van der Waals surface area contributed by atoms with Gasteiger partial charge in [-0.05, 0) is 57.5 Å². The Kier molecular flexibility index (Phi) is 8.84. The van der Waals surface area contributed by atoms with Gasteiger partial charge in [0, 0.05) is 26.2 Å². The normalized spacial score (nSPS) is 21.4. The minimum Gasteiger partial charge on any atom is -0.357 e. The van der Waals surface area contributed by atoms with E-state index in [-0.39, 0.29) is 24.0 Å². The zero-order valence-electron chi connectivity index (χ0n) is 13.0. The summed E-state index contributed by atoms with van der Waals surface area (Å²) in [6, 6.07) is 0. The van der Waals surface area contributed by atoms with E-state index in [1.54, 1.807) is 0 Å². The van der Waals surface area contributed by atoms with Gasteiger partial charge in [0.05, 0.1) is 0 Å². The third-order valence-corrected chi connectivity index (χ3v) is 4.15. The molecule has 2 rings (SSSR count). The zero-order valence-corrected chi connectivity index (χ0v) is 15.4. The van der Waals surface area contributed by atoms with Gasteiger partial charge in [0.15, 0.2) is 5.96 Å². The van der Waals surface area contributed by atoms with Gasteiger partial charge in [0.1, 0.15) is 0 Å². The van der Waals surface area contributed by atoms with Crippen molar-refractivity contribution in [3.63, 3.8) is 0 Å². The molecule has 118 valence electrons. The maximum Gasteiger partial charge on any atom is 0.191 e. The first kappa shape index (κ1) is 18.0. The van der Waals surface area contributed by atoms with E-state index in [1.165, 1.54) is 38.8 Å². The summed E-state index contributed by atoms with van der Waals surface area (Å²) in [5, 5.41) is 6.79. The molecule has 0 spiro atoms. The molecule has 4 nitrogen and oxygen atoms in total. The average Bonchev–Trinajstić information content (AvgIpc) is 3.22. The smallest absolute Gasteiger partial charge is 0.191 e. The van der Waals surface area contributed by atoms with Crippen LogP contribution in [-0.4, -0.2) is 50.1 Å². The lowest BCUT2D eigenvalue weighted by Gasteiger charge is -2.30. The topological polar surface area (TPSA) is 39.7 Å². The number of guanidine groups is 1. The Bertz CT molecular complexity index is 284. The maximum absolute atomic E-state index is 4.65. The lowest BCUT2D eigenvalue weighted by Crippen LogP contribution is -2.43. The van der Waals surface area contributed by atoms with Crippen LogP contribution >= 0.6 is 24.0 Å². The lowest BCUT2D eigenvalue weighted by atomic mass is 9.99. The van der Waals surface area contributed by atoms with E-state index < -0.39 is 0 Å². The number of rotatable bonds is 6. The summed E-state index contributed by atoms with van der Waals surface area (Å²) in [6.07, 6.45) is 5.45. The molecular weight excluding hydrogens is 363 g/mol. The van der Waals surface area contributed by atoms with E-state index in [2.05, 4.69) is 34.4 Å². The molecule has 0 atom stereocenters. The predicted molar refractivity (Wildman–Crippen MR) is 97.0 cm³/mol. The number of nitrogens with zero attached hydrogens (tertiary/aromatic N) is 2. The Morgan fingerprint density at radius 3 is 2.45 bits per heavy atom. The van der Waals surface area contributed by atoms with Gasteiger partial charge in [0.25, 0.3) is 0 Å². The molecule has 1 aliphatic heterocycles. The molecule has 0 aromatic carbocycles. The molecule has 0 amide bonds. The number of halogens is 1. The first-order valence-corrected chi connectivity index (χ1v) is 8.02. The number of likely N-dealkylation sites (tertiary alicyclic amines) is 1. The molecule has 1 saturated carbocycles. The van der Waals surface area contributed by atoms with Crippen molar-refractivity contribution in [3.05, 3.63) is 0 Å². The van der Waals surface area contributed by atoms with Crippen LogP contribution in [-0.2, 0) is 0 Å². The Morgan fingerprint density at radius 2 is 1.85 bits per heavy atom. The fraction of sp³-hybridized carbons (Fsp3) is 0.933. The van der Waals surface area contributed by atoms with Gasteiger partial charge in [0.2, 0.25) is 0 Å². The molecule has 20 heavy (non-hydrogen) atoms. The van der Waals surface area contributed by atoms with Crippen LogP contribution in [0.25, 0.3) is 0 Å². The minimum absolute atomic E-state index is 0. The summed E-state index contributed by atoms with van der Waals surface area (Å²) in [5.74, 6) is 2.78. The monoisotopic (exact) mass is 394 g/mol. The van der Waals surface area contributed by atoms with Crippen LogP contribution in [0.15, 0.2) is 4.99 Å². The van der Waals surface area contributed by atoms with Gasteiger partial charge in [-0.1, -0.05) is 6.92 Å². The van der Waals surface area contributed by atoms with Crippen molar-refractivity contribution in [3.8, 4) is 0 Å². The second-order valence-corrected chi connectivity index (χ2v) is 6.11. The summed E-state index contributed by atoms with van der Waals surface area (Å²) in [6.45, 7) is 11.1. The summed E-state index contributed by atoms with van der Waals surface area (Å²) in [4.78, 5) is 7.21. The van der Waals surface area contributed by atoms with Crippen LogP contribution in [0.2, 0.25) is 0 Å². The second kappa shape index (κ2) is 9.82. The van der Waals surface area contributed by atoms with Crippen LogP contribution in [0.4, 0.5) is 0 Å². The van der Waals surface area contributed by atoms with E-state index in [0.717, 1.165) is 44.0 Å². The number of hydrogen-bond donors (Lipinski definition) is 2. The summed E-state index contributed by atoms with van der Waals surface area (Å²) < 4.78 is 0. The summed E-state index contributed by atoms with van der Waals surface area (Å²) in [7, 11) is 0. The highest BCUT2D eigenvalue weighted by molar-refractivity contribution is 14.0. The fourth-order valence-corrected chi connectivity index (χ4v) is 2.48. The standard InChI is InChI=1S/C15H30N4.HI/c1-3-16-15(18-12-14-4-5-14)17-8-11-19-9-6-13(2)7-10-19;/h13-14H,3-12H2,1-2H3,(H2,16,17,18);1H. The first-order valence-electron chi connectivity index (χ1n) is 8.02. The van der Waals surface area contributed by atoms with E-state index in [0.29, 0.717) is 0 Å². The highest BCUT2D eigenvalue weighted by Gasteiger charge is 2.20. The highest BCUT2D eigenvalue weighted by Crippen LogP contribution is 2.28. The largest absolute Gasteiger partial charge is 0.357 e. The highest BCUT2D eigenvalue weighted by atomic mass is 127. The lowest BCUT2D eigenvalue weighted by molar-refractivity contribution is 0.195. The van der Waals surface area contributed by atoms with Crippen molar-refractivity contribution >= 4 is 29.9 Å². The zero-order chi connectivity index (χ0) is 13.5. The van der Waals surface area contributed by atoms with Crippen molar-refractivity contribution in [2.24, 2.45) is 16.8 Å². The van der Waals surface area contributed by atoms with Gasteiger partial charge in [-0.15, -0.1) is 24.0 Å². The van der Waals surface area contributed by atoms with E-state index in [4.69, 9.17) is 0 Å². The molecule has 1 saturated heterocycles. The number of piperidine rings is 1. The summed E-state index contributed by atoms with van der Waals surface area (Å²) in [5.41, 5.74) is 0. The molecule has 0 aromatic rings. The molecule has 5 heteroatoms. The second-order valence-electron chi connectivity index (χ2n) is 6.11. The molecule has 2 aliphatic rings. The molecule has 0 unspecified atom stereocenters. The fourth-order valence-electron chi connectivity index (χ4n) is 2.48. The first-order chi connectivity index (χ1) is 9.28. The van der Waals surface area contributed by atoms with Gasteiger partial charge in [-0.3, -0.25) is 4.99 Å². The van der Waals surface area contributed by atoms with Crippen molar-refractivity contribution in [1.29, 1.82) is 0 Å². The van der Waals surface area contributed by atoms with Crippen molar-refractivity contribution < 1.29 is 0 Å². The molecule has 0 bridgehead atoms. The van der Waals surface area contributed by atoms with E-state index in [9.17, 15) is 0 Å². The van der Waals surface area contributed by atoms with Crippen molar-refractivity contribution in [2.45, 2.75) is 39.5 Å². The maximum atomic E-state index is 4.65. The van der Waals surface area contributed by atoms with E-state index >= 15 is 0 Å². The molecule has 0 radical (unpaired) electrons. The van der Waals surface area contributed by atoms with Crippen LogP contribution in [0.3, 0.4) is 0 Å². The van der Waals surface area contributed by atoms with Gasteiger partial charge < -0.3 is 15.5 Å². The Labute approximate surface area is 141 Å². The summed E-state index contributed by atoms with van der Waals surface area (Å²) >= 11 is 0. The van der Waals surface area contributed by atoms with Gasteiger partial charge >= 0.3 is 0 Å². The molecule has 0 aromatic heterocycles. The quantitative estimate of drug-likeness (QED) is 0.413. The average molecular weight is 394 g/mol. The van der Waals surface area contributed by atoms with E-state index in [1.807, 2.05) is 0 Å². The third kappa shape index (κ3) is 7.11. The van der Waals surface area contributed by atoms with Crippen LogP contribution < -0.4 is 10.6 Å². The van der Waals surface area contributed by atoms with Crippen LogP contribution in [0.5, 0.6) is 0 Å². The van der Waals surface area contributed by atoms with Gasteiger partial charge in [-0.25, -0.2) is 0 Å². The van der Waals surface area contributed by atoms with Gasteiger partial charge in [-0.2, -0.15) is 0 Å². The van der Waals surface area contributed by atoms with Crippen molar-refractivity contribution in [1.82, 2.24) is 15.5 Å². The molecule has 2 N–H and O–H groups in total. The van der Waals surface area contributed by atoms with Crippen LogP contribution in [0.1, 0.15) is 39.5 Å². The molecule has 1 heterocycles.